The summed E-state index contributed by atoms with van der Waals surface area (Å²) >= 11 is 0. The summed E-state index contributed by atoms with van der Waals surface area (Å²) in [6.45, 7) is 8.37. The Hall–Kier alpha value is -1.19. The number of carbonyl (C=O) groups is 1. The highest BCUT2D eigenvalue weighted by molar-refractivity contribution is 5.68. The molecule has 0 aromatic heterocycles. The van der Waals surface area contributed by atoms with Crippen molar-refractivity contribution >= 4 is 6.09 Å². The average Bonchev–Trinajstić information content (AvgIpc) is 2.50. The van der Waals surface area contributed by atoms with Crippen molar-refractivity contribution in [1.29, 1.82) is 0 Å². The van der Waals surface area contributed by atoms with Crippen LogP contribution in [0, 0.1) is 11.8 Å². The molecule has 2 aliphatic rings. The second kappa shape index (κ2) is 5.21. The van der Waals surface area contributed by atoms with Crippen LogP contribution < -0.4 is 5.32 Å². The summed E-state index contributed by atoms with van der Waals surface area (Å²) in [6.07, 6.45) is 6.32. The first-order chi connectivity index (χ1) is 8.46. The van der Waals surface area contributed by atoms with Gasteiger partial charge in [-0.05, 0) is 51.6 Å². The van der Waals surface area contributed by atoms with Gasteiger partial charge in [-0.1, -0.05) is 6.08 Å². The highest BCUT2D eigenvalue weighted by atomic mass is 16.6. The number of amides is 1. The van der Waals surface area contributed by atoms with Crippen molar-refractivity contribution in [2.75, 3.05) is 19.6 Å². The van der Waals surface area contributed by atoms with Gasteiger partial charge in [-0.2, -0.15) is 0 Å². The van der Waals surface area contributed by atoms with Crippen molar-refractivity contribution in [2.24, 2.45) is 11.8 Å². The monoisotopic (exact) mass is 252 g/mol. The third-order valence-electron chi connectivity index (χ3n) is 3.57. The summed E-state index contributed by atoms with van der Waals surface area (Å²) in [4.78, 5) is 13.9. The van der Waals surface area contributed by atoms with Gasteiger partial charge in [0, 0.05) is 19.6 Å². The van der Waals surface area contributed by atoms with Crippen molar-refractivity contribution < 1.29 is 9.53 Å². The van der Waals surface area contributed by atoms with Crippen molar-refractivity contribution in [3.8, 4) is 0 Å². The van der Waals surface area contributed by atoms with E-state index < -0.39 is 5.60 Å². The Bertz CT molecular complexity index is 333. The SMILES string of the molecule is CC(C)(C)OC(=O)N1CCC2C=CNCCC2C1. The molecule has 0 radical (unpaired) electrons. The molecule has 0 bridgehead atoms. The molecular formula is C14H24N2O2. The van der Waals surface area contributed by atoms with E-state index in [2.05, 4.69) is 17.6 Å². The lowest BCUT2D eigenvalue weighted by Crippen LogP contribution is -2.45. The van der Waals surface area contributed by atoms with E-state index >= 15 is 0 Å². The molecule has 102 valence electrons. The summed E-state index contributed by atoms with van der Waals surface area (Å²) in [7, 11) is 0. The lowest BCUT2D eigenvalue weighted by molar-refractivity contribution is 0.0126. The number of nitrogens with one attached hydrogen (secondary N) is 1. The Morgan fingerprint density at radius 2 is 2.17 bits per heavy atom. The van der Waals surface area contributed by atoms with Gasteiger partial charge in [0.25, 0.3) is 0 Å². The van der Waals surface area contributed by atoms with E-state index in [4.69, 9.17) is 4.74 Å². The van der Waals surface area contributed by atoms with Crippen LogP contribution in [0.5, 0.6) is 0 Å². The molecule has 2 rings (SSSR count). The number of rotatable bonds is 0. The molecule has 1 amide bonds. The lowest BCUT2D eigenvalue weighted by atomic mass is 9.84. The Morgan fingerprint density at radius 1 is 1.39 bits per heavy atom. The minimum Gasteiger partial charge on any atom is -0.444 e. The number of fused-ring (bicyclic) bond motifs is 1. The molecule has 4 nitrogen and oxygen atoms in total. The molecule has 18 heavy (non-hydrogen) atoms. The number of likely N-dealkylation sites (tertiary alicyclic amines) is 1. The molecule has 2 heterocycles. The van der Waals surface area contributed by atoms with Crippen LogP contribution in [0.2, 0.25) is 0 Å². The maximum Gasteiger partial charge on any atom is 0.410 e. The van der Waals surface area contributed by atoms with Crippen LogP contribution >= 0.6 is 0 Å². The fourth-order valence-electron chi connectivity index (χ4n) is 2.65. The standard InChI is InChI=1S/C14H24N2O2/c1-14(2,3)18-13(17)16-9-6-11-4-7-15-8-5-12(11)10-16/h4,7,11-12,15H,5-6,8-10H2,1-3H3. The molecule has 2 atom stereocenters. The third-order valence-corrected chi connectivity index (χ3v) is 3.57. The first kappa shape index (κ1) is 13.2. The Balaban J connectivity index is 1.93. The Labute approximate surface area is 109 Å². The van der Waals surface area contributed by atoms with Gasteiger partial charge in [0.05, 0.1) is 0 Å². The van der Waals surface area contributed by atoms with Crippen molar-refractivity contribution in [2.45, 2.75) is 39.2 Å². The Morgan fingerprint density at radius 3 is 2.89 bits per heavy atom. The number of piperidine rings is 1. The number of hydrogen-bond donors (Lipinski definition) is 1. The van der Waals surface area contributed by atoms with E-state index in [1.54, 1.807) is 0 Å². The molecule has 0 aromatic carbocycles. The predicted molar refractivity (Wildman–Crippen MR) is 71.2 cm³/mol. The average molecular weight is 252 g/mol. The minimum atomic E-state index is -0.404. The Kier molecular flexibility index (Phi) is 3.83. The van der Waals surface area contributed by atoms with Crippen LogP contribution in [0.1, 0.15) is 33.6 Å². The molecule has 1 N–H and O–H groups in total. The van der Waals surface area contributed by atoms with Gasteiger partial charge in [0.1, 0.15) is 5.60 Å². The summed E-state index contributed by atoms with van der Waals surface area (Å²) in [5, 5.41) is 3.27. The van der Waals surface area contributed by atoms with Gasteiger partial charge in [0.2, 0.25) is 0 Å². The maximum absolute atomic E-state index is 12.0. The second-order valence-electron chi connectivity index (χ2n) is 6.24. The fraction of sp³-hybridized carbons (Fsp3) is 0.786. The first-order valence-electron chi connectivity index (χ1n) is 6.84. The van der Waals surface area contributed by atoms with E-state index in [9.17, 15) is 4.79 Å². The zero-order valence-electron chi connectivity index (χ0n) is 11.6. The van der Waals surface area contributed by atoms with E-state index in [0.717, 1.165) is 32.5 Å². The van der Waals surface area contributed by atoms with Crippen molar-refractivity contribution in [3.63, 3.8) is 0 Å². The third kappa shape index (κ3) is 3.40. The number of allylic oxidation sites excluding steroid dienone is 1. The quantitative estimate of drug-likeness (QED) is 0.719. The zero-order chi connectivity index (χ0) is 13.2. The molecule has 4 heteroatoms. The molecule has 0 spiro atoms. The summed E-state index contributed by atoms with van der Waals surface area (Å²) in [5.41, 5.74) is -0.404. The fourth-order valence-corrected chi connectivity index (χ4v) is 2.65. The van der Waals surface area contributed by atoms with Gasteiger partial charge < -0.3 is 15.0 Å². The molecule has 2 aliphatic heterocycles. The highest BCUT2D eigenvalue weighted by Gasteiger charge is 2.32. The molecule has 1 saturated heterocycles. The minimum absolute atomic E-state index is 0.165. The highest BCUT2D eigenvalue weighted by Crippen LogP contribution is 2.29. The van der Waals surface area contributed by atoms with Crippen LogP contribution in [0.3, 0.4) is 0 Å². The van der Waals surface area contributed by atoms with Crippen molar-refractivity contribution in [3.05, 3.63) is 12.3 Å². The van der Waals surface area contributed by atoms with Gasteiger partial charge >= 0.3 is 6.09 Å². The van der Waals surface area contributed by atoms with Crippen LogP contribution in [-0.4, -0.2) is 36.2 Å². The summed E-state index contributed by atoms with van der Waals surface area (Å²) in [5.74, 6) is 1.18. The number of hydrogen-bond acceptors (Lipinski definition) is 3. The second-order valence-corrected chi connectivity index (χ2v) is 6.24. The number of nitrogens with zero attached hydrogens (tertiary/aromatic N) is 1. The summed E-state index contributed by atoms with van der Waals surface area (Å²) < 4.78 is 5.44. The van der Waals surface area contributed by atoms with Crippen LogP contribution in [0.15, 0.2) is 12.3 Å². The van der Waals surface area contributed by atoms with Gasteiger partial charge in [-0.15, -0.1) is 0 Å². The topological polar surface area (TPSA) is 41.6 Å². The van der Waals surface area contributed by atoms with E-state index in [1.807, 2.05) is 25.7 Å². The van der Waals surface area contributed by atoms with E-state index in [-0.39, 0.29) is 6.09 Å². The smallest absolute Gasteiger partial charge is 0.410 e. The molecule has 2 unspecified atom stereocenters. The van der Waals surface area contributed by atoms with Crippen LogP contribution in [0.4, 0.5) is 4.79 Å². The molecule has 0 saturated carbocycles. The molecule has 0 aliphatic carbocycles. The van der Waals surface area contributed by atoms with Crippen LogP contribution in [0.25, 0.3) is 0 Å². The lowest BCUT2D eigenvalue weighted by Gasteiger charge is -2.37. The number of carbonyl (C=O) groups excluding carboxylic acids is 1. The number of ether oxygens (including phenoxy) is 1. The normalized spacial score (nSPS) is 28.1. The maximum atomic E-state index is 12.0. The van der Waals surface area contributed by atoms with Gasteiger partial charge in [-0.3, -0.25) is 0 Å². The summed E-state index contributed by atoms with van der Waals surface area (Å²) in [6, 6.07) is 0. The molecule has 1 fully saturated rings. The van der Waals surface area contributed by atoms with E-state index in [0.29, 0.717) is 11.8 Å². The van der Waals surface area contributed by atoms with E-state index in [1.165, 1.54) is 0 Å². The van der Waals surface area contributed by atoms with Crippen LogP contribution in [-0.2, 0) is 4.74 Å². The largest absolute Gasteiger partial charge is 0.444 e. The zero-order valence-corrected chi connectivity index (χ0v) is 11.6. The first-order valence-corrected chi connectivity index (χ1v) is 6.84. The van der Waals surface area contributed by atoms with Crippen molar-refractivity contribution in [1.82, 2.24) is 10.2 Å². The predicted octanol–water partition coefficient (Wildman–Crippen LogP) is 2.37. The molecular weight excluding hydrogens is 228 g/mol. The van der Waals surface area contributed by atoms with Gasteiger partial charge in [0.15, 0.2) is 0 Å². The molecule has 0 aromatic rings. The van der Waals surface area contributed by atoms with Gasteiger partial charge in [-0.25, -0.2) is 4.79 Å².